The van der Waals surface area contributed by atoms with Crippen LogP contribution in [0.15, 0.2) is 35.9 Å². The van der Waals surface area contributed by atoms with Gasteiger partial charge >= 0.3 is 0 Å². The highest BCUT2D eigenvalue weighted by molar-refractivity contribution is 6.00. The summed E-state index contributed by atoms with van der Waals surface area (Å²) in [6.45, 7) is 3.21. The van der Waals surface area contributed by atoms with E-state index in [2.05, 4.69) is 48.6 Å². The lowest BCUT2D eigenvalue weighted by Gasteiger charge is -2.43. The summed E-state index contributed by atoms with van der Waals surface area (Å²) in [6.07, 6.45) is 14.0. The number of hydrogen-bond donors (Lipinski definition) is 0. The number of carbonyl (C=O) groups excluding carboxylic acids is 1. The van der Waals surface area contributed by atoms with Gasteiger partial charge in [0.2, 0.25) is 5.91 Å². The van der Waals surface area contributed by atoms with Gasteiger partial charge in [-0.05, 0) is 80.4 Å². The van der Waals surface area contributed by atoms with Crippen LogP contribution < -0.4 is 4.90 Å². The third-order valence-corrected chi connectivity index (χ3v) is 7.55. The maximum atomic E-state index is 13.3. The topological polar surface area (TPSA) is 20.3 Å². The molecule has 3 aliphatic carbocycles. The maximum Gasteiger partial charge on any atom is 0.233 e. The summed E-state index contributed by atoms with van der Waals surface area (Å²) in [5, 5.41) is 0. The number of anilines is 1. The number of allylic oxidation sites excluding steroid dienone is 2. The molecule has 2 heteroatoms. The molecule has 5 rings (SSSR count). The Labute approximate surface area is 151 Å². The van der Waals surface area contributed by atoms with E-state index in [-0.39, 0.29) is 5.41 Å². The smallest absolute Gasteiger partial charge is 0.233 e. The fraction of sp³-hybridized carbons (Fsp3) is 0.565. The Morgan fingerprint density at radius 1 is 1.04 bits per heavy atom. The molecule has 0 unspecified atom stereocenters. The molecule has 2 saturated carbocycles. The molecule has 1 aromatic carbocycles. The van der Waals surface area contributed by atoms with Crippen LogP contribution in [0.4, 0.5) is 5.69 Å². The zero-order valence-electron chi connectivity index (χ0n) is 15.3. The molecule has 1 spiro atoms. The Morgan fingerprint density at radius 3 is 2.28 bits per heavy atom. The van der Waals surface area contributed by atoms with Gasteiger partial charge in [0.15, 0.2) is 0 Å². The van der Waals surface area contributed by atoms with Crippen molar-refractivity contribution in [3.05, 3.63) is 47.9 Å². The van der Waals surface area contributed by atoms with Crippen LogP contribution in [0, 0.1) is 17.3 Å². The van der Waals surface area contributed by atoms with E-state index in [4.69, 9.17) is 0 Å². The van der Waals surface area contributed by atoms with E-state index < -0.39 is 0 Å². The van der Waals surface area contributed by atoms with Crippen LogP contribution in [0.3, 0.4) is 0 Å². The number of benzene rings is 1. The van der Waals surface area contributed by atoms with E-state index in [0.717, 1.165) is 37.4 Å². The van der Waals surface area contributed by atoms with Gasteiger partial charge in [-0.2, -0.15) is 0 Å². The molecule has 0 aromatic heterocycles. The minimum absolute atomic E-state index is 0.0801. The number of rotatable bonds is 4. The highest BCUT2D eigenvalue weighted by Gasteiger charge is 2.52. The summed E-state index contributed by atoms with van der Waals surface area (Å²) in [7, 11) is 0. The molecule has 1 saturated heterocycles. The third kappa shape index (κ3) is 2.48. The molecule has 3 fully saturated rings. The molecule has 131 valence electrons. The van der Waals surface area contributed by atoms with Gasteiger partial charge in [-0.15, -0.1) is 0 Å². The van der Waals surface area contributed by atoms with Crippen LogP contribution in [0.2, 0.25) is 0 Å². The second-order valence-electron chi connectivity index (χ2n) is 8.78. The Hall–Kier alpha value is -1.57. The van der Waals surface area contributed by atoms with Gasteiger partial charge in [0.05, 0.1) is 5.41 Å². The Bertz CT molecular complexity index is 717. The quantitative estimate of drug-likeness (QED) is 0.722. The SMILES string of the molecule is CCC1(C2=C[CH]2)CCC2(CCN(c3ccc(C4CC4)cc3)C2=O)CC1. The van der Waals surface area contributed by atoms with Gasteiger partial charge in [0.25, 0.3) is 0 Å². The predicted octanol–water partition coefficient (Wildman–Crippen LogP) is 5.40. The lowest BCUT2D eigenvalue weighted by atomic mass is 9.61. The van der Waals surface area contributed by atoms with E-state index in [0.29, 0.717) is 11.3 Å². The zero-order valence-corrected chi connectivity index (χ0v) is 15.3. The molecule has 0 atom stereocenters. The van der Waals surface area contributed by atoms with Gasteiger partial charge in [0, 0.05) is 18.7 Å². The summed E-state index contributed by atoms with van der Waals surface area (Å²) in [5.74, 6) is 1.17. The molecule has 2 nitrogen and oxygen atoms in total. The Kier molecular flexibility index (Phi) is 3.42. The number of nitrogens with zero attached hydrogens (tertiary/aromatic N) is 1. The van der Waals surface area contributed by atoms with Crippen molar-refractivity contribution >= 4 is 11.6 Å². The lowest BCUT2D eigenvalue weighted by Crippen LogP contribution is -2.40. The van der Waals surface area contributed by atoms with Crippen molar-refractivity contribution in [3.8, 4) is 0 Å². The molecular weight excluding hydrogens is 306 g/mol. The average molecular weight is 334 g/mol. The standard InChI is InChI=1S/C23H28NO/c1-2-22(19-7-8-19)11-13-23(14-12-22)15-16-24(21(23)25)20-9-5-18(6-10-20)17-3-4-17/h5-10,17H,2-4,11-16H2,1H3. The van der Waals surface area contributed by atoms with Crippen molar-refractivity contribution < 1.29 is 4.79 Å². The molecule has 1 aliphatic heterocycles. The minimum atomic E-state index is -0.0801. The molecule has 1 aromatic rings. The van der Waals surface area contributed by atoms with E-state index in [1.165, 1.54) is 37.7 Å². The van der Waals surface area contributed by atoms with Gasteiger partial charge < -0.3 is 4.90 Å². The van der Waals surface area contributed by atoms with Gasteiger partial charge in [-0.3, -0.25) is 4.79 Å². The molecule has 0 bridgehead atoms. The predicted molar refractivity (Wildman–Crippen MR) is 101 cm³/mol. The van der Waals surface area contributed by atoms with E-state index in [1.54, 1.807) is 5.57 Å². The van der Waals surface area contributed by atoms with Crippen LogP contribution in [-0.4, -0.2) is 12.5 Å². The first-order chi connectivity index (χ1) is 12.2. The number of hydrogen-bond acceptors (Lipinski definition) is 1. The summed E-state index contributed by atoms with van der Waals surface area (Å²) in [4.78, 5) is 15.4. The second kappa shape index (κ2) is 5.46. The lowest BCUT2D eigenvalue weighted by molar-refractivity contribution is -0.128. The van der Waals surface area contributed by atoms with E-state index >= 15 is 0 Å². The van der Waals surface area contributed by atoms with Crippen molar-refractivity contribution in [2.75, 3.05) is 11.4 Å². The molecule has 25 heavy (non-hydrogen) atoms. The first-order valence-electron chi connectivity index (χ1n) is 10.1. The van der Waals surface area contributed by atoms with Crippen molar-refractivity contribution in [2.45, 2.75) is 64.2 Å². The van der Waals surface area contributed by atoms with E-state index in [9.17, 15) is 4.79 Å². The molecule has 1 radical (unpaired) electrons. The monoisotopic (exact) mass is 334 g/mol. The first kappa shape index (κ1) is 15.7. The van der Waals surface area contributed by atoms with E-state index in [1.807, 2.05) is 0 Å². The van der Waals surface area contributed by atoms with Gasteiger partial charge in [0.1, 0.15) is 0 Å². The highest BCUT2D eigenvalue weighted by Crippen LogP contribution is 2.57. The summed E-state index contributed by atoms with van der Waals surface area (Å²) in [6, 6.07) is 8.83. The fourth-order valence-electron chi connectivity index (χ4n) is 5.32. The van der Waals surface area contributed by atoms with Crippen LogP contribution in [0.1, 0.15) is 69.8 Å². The Balaban J connectivity index is 1.32. The van der Waals surface area contributed by atoms with Crippen LogP contribution in [0.5, 0.6) is 0 Å². The largest absolute Gasteiger partial charge is 0.312 e. The number of carbonyl (C=O) groups is 1. The van der Waals surface area contributed by atoms with Gasteiger partial charge in [-0.1, -0.05) is 30.7 Å². The maximum absolute atomic E-state index is 13.3. The molecular formula is C23H28NO. The molecule has 1 amide bonds. The zero-order chi connectivity index (χ0) is 17.1. The van der Waals surface area contributed by atoms with Crippen molar-refractivity contribution in [2.24, 2.45) is 10.8 Å². The van der Waals surface area contributed by atoms with Gasteiger partial charge in [-0.25, -0.2) is 0 Å². The van der Waals surface area contributed by atoms with Crippen molar-refractivity contribution in [3.63, 3.8) is 0 Å². The van der Waals surface area contributed by atoms with Crippen LogP contribution in [-0.2, 0) is 4.79 Å². The highest BCUT2D eigenvalue weighted by atomic mass is 16.2. The first-order valence-corrected chi connectivity index (χ1v) is 10.1. The Morgan fingerprint density at radius 2 is 1.72 bits per heavy atom. The van der Waals surface area contributed by atoms with Crippen molar-refractivity contribution in [1.29, 1.82) is 0 Å². The third-order valence-electron chi connectivity index (χ3n) is 7.55. The van der Waals surface area contributed by atoms with Crippen molar-refractivity contribution in [1.82, 2.24) is 0 Å². The number of amides is 1. The van der Waals surface area contributed by atoms with Crippen LogP contribution >= 0.6 is 0 Å². The summed E-state index contributed by atoms with van der Waals surface area (Å²) in [5.41, 5.74) is 4.41. The fourth-order valence-corrected chi connectivity index (χ4v) is 5.32. The van der Waals surface area contributed by atoms with Crippen LogP contribution in [0.25, 0.3) is 0 Å². The molecule has 0 N–H and O–H groups in total. The normalized spacial score (nSPS) is 34.5. The molecule has 4 aliphatic rings. The summed E-state index contributed by atoms with van der Waals surface area (Å²) >= 11 is 0. The molecule has 1 heterocycles. The minimum Gasteiger partial charge on any atom is -0.312 e. The summed E-state index contributed by atoms with van der Waals surface area (Å²) < 4.78 is 0. The second-order valence-corrected chi connectivity index (χ2v) is 8.78. The average Bonchev–Trinajstić information content (AvgIpc) is 3.56.